The fourth-order valence-electron chi connectivity index (χ4n) is 2.45. The van der Waals surface area contributed by atoms with E-state index in [9.17, 15) is 0 Å². The Bertz CT molecular complexity index is 548. The number of aryl methyl sites for hydroxylation is 2. The zero-order valence-corrected chi connectivity index (χ0v) is 12.2. The van der Waals surface area contributed by atoms with Gasteiger partial charge in [-0.1, -0.05) is 0 Å². The minimum atomic E-state index is 0.241. The average Bonchev–Trinajstić information content (AvgIpc) is 2.99. The molecule has 1 saturated heterocycles. The van der Waals surface area contributed by atoms with Crippen molar-refractivity contribution < 1.29 is 4.74 Å². The molecule has 0 aromatic carbocycles. The van der Waals surface area contributed by atoms with Gasteiger partial charge in [0.25, 0.3) is 0 Å². The summed E-state index contributed by atoms with van der Waals surface area (Å²) >= 11 is 1.87. The van der Waals surface area contributed by atoms with Gasteiger partial charge < -0.3 is 9.72 Å². The highest BCUT2D eigenvalue weighted by molar-refractivity contribution is 7.11. The molecule has 3 heterocycles. The minimum absolute atomic E-state index is 0.241. The number of H-pyrrole nitrogens is 1. The number of ether oxygens (including phenoxy) is 1. The van der Waals surface area contributed by atoms with Gasteiger partial charge in [-0.2, -0.15) is 0 Å². The quantitative estimate of drug-likeness (QED) is 0.937. The molecule has 1 aliphatic rings. The number of hydrogen-bond acceptors (Lipinski definition) is 4. The minimum Gasteiger partial charge on any atom is -0.378 e. The number of aromatic nitrogens is 2. The molecule has 2 aromatic rings. The lowest BCUT2D eigenvalue weighted by molar-refractivity contribution is -0.0152. The predicted octanol–water partition coefficient (Wildman–Crippen LogP) is 2.66. The van der Waals surface area contributed by atoms with Crippen molar-refractivity contribution in [2.75, 3.05) is 19.8 Å². The van der Waals surface area contributed by atoms with Crippen LogP contribution in [0.4, 0.5) is 0 Å². The highest BCUT2D eigenvalue weighted by Crippen LogP contribution is 2.26. The summed E-state index contributed by atoms with van der Waals surface area (Å²) in [5.41, 5.74) is 1.10. The first-order valence-corrected chi connectivity index (χ1v) is 7.42. The van der Waals surface area contributed by atoms with E-state index in [1.165, 1.54) is 9.75 Å². The van der Waals surface area contributed by atoms with E-state index in [-0.39, 0.29) is 6.04 Å². The van der Waals surface area contributed by atoms with E-state index in [1.807, 2.05) is 24.5 Å². The largest absolute Gasteiger partial charge is 0.378 e. The highest BCUT2D eigenvalue weighted by Gasteiger charge is 2.27. The van der Waals surface area contributed by atoms with Gasteiger partial charge in [0.1, 0.15) is 5.82 Å². The Morgan fingerprint density at radius 3 is 3.05 bits per heavy atom. The Kier molecular flexibility index (Phi) is 3.68. The summed E-state index contributed by atoms with van der Waals surface area (Å²) in [5, 5.41) is 0. The van der Waals surface area contributed by atoms with Gasteiger partial charge in [-0.05, 0) is 26.0 Å². The summed E-state index contributed by atoms with van der Waals surface area (Å²) in [4.78, 5) is 13.0. The maximum atomic E-state index is 5.62. The average molecular weight is 277 g/mol. The molecule has 1 atom stereocenters. The Morgan fingerprint density at radius 1 is 1.47 bits per heavy atom. The summed E-state index contributed by atoms with van der Waals surface area (Å²) in [5.74, 6) is 1.02. The van der Waals surface area contributed by atoms with Crippen molar-refractivity contribution in [3.8, 4) is 0 Å². The highest BCUT2D eigenvalue weighted by atomic mass is 32.1. The van der Waals surface area contributed by atoms with Gasteiger partial charge in [-0.3, -0.25) is 4.90 Å². The van der Waals surface area contributed by atoms with Gasteiger partial charge >= 0.3 is 0 Å². The molecule has 0 spiro atoms. The first kappa shape index (κ1) is 12.8. The molecule has 4 nitrogen and oxygen atoms in total. The molecular weight excluding hydrogens is 258 g/mol. The Labute approximate surface area is 117 Å². The summed E-state index contributed by atoms with van der Waals surface area (Å²) in [6, 6.07) is 4.65. The number of rotatable bonds is 3. The van der Waals surface area contributed by atoms with Crippen LogP contribution < -0.4 is 0 Å². The van der Waals surface area contributed by atoms with Gasteiger partial charge in [0.05, 0.1) is 19.3 Å². The fraction of sp³-hybridized carbons (Fsp3) is 0.500. The number of nitrogens with one attached hydrogen (secondary N) is 1. The molecule has 1 fully saturated rings. The monoisotopic (exact) mass is 277 g/mol. The lowest BCUT2D eigenvalue weighted by atomic mass is 10.2. The summed E-state index contributed by atoms with van der Waals surface area (Å²) in [7, 11) is 0. The molecule has 3 rings (SSSR count). The van der Waals surface area contributed by atoms with Crippen molar-refractivity contribution >= 4 is 11.3 Å². The Morgan fingerprint density at radius 2 is 2.37 bits per heavy atom. The molecule has 0 aliphatic carbocycles. The van der Waals surface area contributed by atoms with E-state index in [0.717, 1.165) is 37.8 Å². The van der Waals surface area contributed by atoms with Gasteiger partial charge in [0.15, 0.2) is 0 Å². The van der Waals surface area contributed by atoms with Crippen LogP contribution in [0.1, 0.15) is 27.3 Å². The van der Waals surface area contributed by atoms with E-state index in [1.54, 1.807) is 0 Å². The number of thiophene rings is 1. The molecule has 1 N–H and O–H groups in total. The van der Waals surface area contributed by atoms with Crippen LogP contribution in [-0.2, 0) is 11.3 Å². The van der Waals surface area contributed by atoms with Crippen LogP contribution in [0.5, 0.6) is 0 Å². The van der Waals surface area contributed by atoms with Gasteiger partial charge in [-0.25, -0.2) is 4.98 Å². The third-order valence-electron chi connectivity index (χ3n) is 3.43. The zero-order valence-electron chi connectivity index (χ0n) is 11.3. The predicted molar refractivity (Wildman–Crippen MR) is 76.4 cm³/mol. The maximum absolute atomic E-state index is 5.62. The second-order valence-corrected chi connectivity index (χ2v) is 6.40. The maximum Gasteiger partial charge on any atom is 0.126 e. The van der Waals surface area contributed by atoms with E-state index in [2.05, 4.69) is 33.9 Å². The van der Waals surface area contributed by atoms with Crippen LogP contribution in [0.15, 0.2) is 18.3 Å². The number of aromatic amines is 1. The van der Waals surface area contributed by atoms with E-state index < -0.39 is 0 Å². The molecule has 1 aliphatic heterocycles. The van der Waals surface area contributed by atoms with Crippen molar-refractivity contribution in [1.29, 1.82) is 0 Å². The van der Waals surface area contributed by atoms with Crippen LogP contribution in [-0.4, -0.2) is 34.6 Å². The van der Waals surface area contributed by atoms with Crippen LogP contribution in [0.3, 0.4) is 0 Å². The molecule has 102 valence electrons. The van der Waals surface area contributed by atoms with Crippen molar-refractivity contribution in [2.24, 2.45) is 0 Å². The van der Waals surface area contributed by atoms with Crippen molar-refractivity contribution in [3.63, 3.8) is 0 Å². The topological polar surface area (TPSA) is 41.1 Å². The third-order valence-corrected chi connectivity index (χ3v) is 4.42. The fourth-order valence-corrected chi connectivity index (χ4v) is 3.37. The molecule has 0 amide bonds. The van der Waals surface area contributed by atoms with Gasteiger partial charge in [0, 0.05) is 34.7 Å². The molecule has 0 bridgehead atoms. The molecule has 0 unspecified atom stereocenters. The number of imidazole rings is 1. The molecule has 5 heteroatoms. The van der Waals surface area contributed by atoms with E-state index in [0.29, 0.717) is 0 Å². The van der Waals surface area contributed by atoms with E-state index in [4.69, 9.17) is 4.74 Å². The lowest BCUT2D eigenvalue weighted by Crippen LogP contribution is -2.39. The second-order valence-electron chi connectivity index (χ2n) is 5.02. The number of nitrogens with zero attached hydrogens (tertiary/aromatic N) is 2. The zero-order chi connectivity index (χ0) is 13.2. The van der Waals surface area contributed by atoms with Gasteiger partial charge in [0.2, 0.25) is 0 Å². The number of hydrogen-bond donors (Lipinski definition) is 1. The van der Waals surface area contributed by atoms with Crippen molar-refractivity contribution in [3.05, 3.63) is 39.6 Å². The van der Waals surface area contributed by atoms with Crippen molar-refractivity contribution in [2.45, 2.75) is 26.4 Å². The summed E-state index contributed by atoms with van der Waals surface area (Å²) in [6.45, 7) is 7.65. The molecule has 19 heavy (non-hydrogen) atoms. The Hall–Kier alpha value is -1.17. The van der Waals surface area contributed by atoms with Crippen LogP contribution in [0.2, 0.25) is 0 Å². The first-order chi connectivity index (χ1) is 9.22. The van der Waals surface area contributed by atoms with E-state index >= 15 is 0 Å². The number of morpholine rings is 1. The van der Waals surface area contributed by atoms with Crippen LogP contribution >= 0.6 is 11.3 Å². The summed E-state index contributed by atoms with van der Waals surface area (Å²) < 4.78 is 5.62. The molecule has 2 aromatic heterocycles. The normalized spacial score (nSPS) is 20.8. The molecular formula is C14H19N3OS. The molecule has 0 saturated carbocycles. The molecule has 0 radical (unpaired) electrons. The summed E-state index contributed by atoms with van der Waals surface area (Å²) in [6.07, 6.45) is 1.89. The first-order valence-electron chi connectivity index (χ1n) is 6.61. The second kappa shape index (κ2) is 5.45. The SMILES string of the molecule is Cc1cnc([C@H]2COCCN2Cc2ccc(C)s2)[nH]1. The standard InChI is InChI=1S/C14H19N3OS/c1-10-7-15-14(16-10)13-9-18-6-5-17(13)8-12-4-3-11(2)19-12/h3-4,7,13H,5-6,8-9H2,1-2H3,(H,15,16)/t13-/m1/s1. The van der Waals surface area contributed by atoms with Crippen molar-refractivity contribution in [1.82, 2.24) is 14.9 Å². The van der Waals surface area contributed by atoms with Crippen LogP contribution in [0, 0.1) is 13.8 Å². The smallest absolute Gasteiger partial charge is 0.126 e. The van der Waals surface area contributed by atoms with Gasteiger partial charge in [-0.15, -0.1) is 11.3 Å². The van der Waals surface area contributed by atoms with Crippen LogP contribution in [0.25, 0.3) is 0 Å². The lowest BCUT2D eigenvalue weighted by Gasteiger charge is -2.34. The third kappa shape index (κ3) is 2.88. The Balaban J connectivity index is 1.77.